The van der Waals surface area contributed by atoms with Gasteiger partial charge in [0.05, 0.1) is 12.5 Å². The van der Waals surface area contributed by atoms with Crippen molar-refractivity contribution in [2.75, 3.05) is 13.1 Å². The monoisotopic (exact) mass is 376 g/mol. The molecule has 2 N–H and O–H groups in total. The van der Waals surface area contributed by atoms with Crippen LogP contribution in [0.5, 0.6) is 5.75 Å². The van der Waals surface area contributed by atoms with Crippen molar-refractivity contribution in [3.63, 3.8) is 0 Å². The van der Waals surface area contributed by atoms with Crippen LogP contribution in [-0.2, 0) is 17.8 Å². The molecule has 4 nitrogen and oxygen atoms in total. The normalized spacial score (nSPS) is 10.3. The van der Waals surface area contributed by atoms with E-state index in [2.05, 4.69) is 0 Å². The van der Waals surface area contributed by atoms with E-state index >= 15 is 0 Å². The molecule has 1 amide bonds. The standard InChI is InChI=1S/C21H28N2O2.ClH/c1-17(2)25-20-12-7-6-11-19(20)15-21(24)23(14-8-13-22)16-18-9-4-3-5-10-18;/h3-7,9-12,17H,8,13-16,22H2,1-2H3;1H. The summed E-state index contributed by atoms with van der Waals surface area (Å²) >= 11 is 0. The number of ether oxygens (including phenoxy) is 1. The number of carbonyl (C=O) groups is 1. The number of para-hydroxylation sites is 1. The zero-order chi connectivity index (χ0) is 18.1. The molecular formula is C21H29ClN2O2. The molecule has 2 aromatic carbocycles. The first-order chi connectivity index (χ1) is 12.1. The lowest BCUT2D eigenvalue weighted by atomic mass is 10.1. The second kappa shape index (κ2) is 11.6. The van der Waals surface area contributed by atoms with E-state index in [-0.39, 0.29) is 24.4 Å². The number of nitrogens with zero attached hydrogens (tertiary/aromatic N) is 1. The molecule has 0 saturated heterocycles. The lowest BCUT2D eigenvalue weighted by Crippen LogP contribution is -2.33. The number of rotatable bonds is 9. The van der Waals surface area contributed by atoms with Crippen molar-refractivity contribution in [3.8, 4) is 5.75 Å². The summed E-state index contributed by atoms with van der Waals surface area (Å²) in [6.07, 6.45) is 1.21. The molecule has 0 radical (unpaired) electrons. The molecule has 5 heteroatoms. The summed E-state index contributed by atoms with van der Waals surface area (Å²) in [6.45, 7) is 5.82. The smallest absolute Gasteiger partial charge is 0.227 e. The van der Waals surface area contributed by atoms with Crippen molar-refractivity contribution in [1.82, 2.24) is 4.90 Å². The number of benzene rings is 2. The quantitative estimate of drug-likeness (QED) is 0.723. The van der Waals surface area contributed by atoms with Crippen LogP contribution < -0.4 is 10.5 Å². The van der Waals surface area contributed by atoms with Gasteiger partial charge in [0.15, 0.2) is 0 Å². The van der Waals surface area contributed by atoms with Crippen LogP contribution in [0.2, 0.25) is 0 Å². The Kier molecular flexibility index (Phi) is 9.78. The van der Waals surface area contributed by atoms with Gasteiger partial charge in [0, 0.05) is 18.7 Å². The zero-order valence-electron chi connectivity index (χ0n) is 15.6. The second-order valence-electron chi connectivity index (χ2n) is 6.39. The predicted octanol–water partition coefficient (Wildman–Crippen LogP) is 3.82. The Morgan fingerprint density at radius 3 is 2.38 bits per heavy atom. The minimum atomic E-state index is 0. The fourth-order valence-corrected chi connectivity index (χ4v) is 2.67. The van der Waals surface area contributed by atoms with Gasteiger partial charge < -0.3 is 15.4 Å². The van der Waals surface area contributed by atoms with Crippen molar-refractivity contribution < 1.29 is 9.53 Å². The molecule has 0 aliphatic rings. The lowest BCUT2D eigenvalue weighted by Gasteiger charge is -2.23. The summed E-state index contributed by atoms with van der Waals surface area (Å²) in [7, 11) is 0. The van der Waals surface area contributed by atoms with Gasteiger partial charge in [-0.15, -0.1) is 12.4 Å². The van der Waals surface area contributed by atoms with E-state index in [4.69, 9.17) is 10.5 Å². The van der Waals surface area contributed by atoms with Gasteiger partial charge in [-0.1, -0.05) is 48.5 Å². The third kappa shape index (κ3) is 7.06. The van der Waals surface area contributed by atoms with Gasteiger partial charge in [0.25, 0.3) is 0 Å². The van der Waals surface area contributed by atoms with Crippen molar-refractivity contribution >= 4 is 18.3 Å². The average molecular weight is 377 g/mol. The summed E-state index contributed by atoms with van der Waals surface area (Å²) < 4.78 is 5.83. The number of hydrogen-bond donors (Lipinski definition) is 1. The van der Waals surface area contributed by atoms with E-state index in [0.29, 0.717) is 26.1 Å². The molecule has 0 spiro atoms. The first-order valence-corrected chi connectivity index (χ1v) is 8.86. The highest BCUT2D eigenvalue weighted by atomic mass is 35.5. The van der Waals surface area contributed by atoms with Gasteiger partial charge in [-0.05, 0) is 38.4 Å². The Labute approximate surface area is 162 Å². The van der Waals surface area contributed by atoms with Crippen molar-refractivity contribution in [3.05, 3.63) is 65.7 Å². The van der Waals surface area contributed by atoms with Gasteiger partial charge >= 0.3 is 0 Å². The van der Waals surface area contributed by atoms with E-state index < -0.39 is 0 Å². The van der Waals surface area contributed by atoms with Crippen LogP contribution in [0.15, 0.2) is 54.6 Å². The second-order valence-corrected chi connectivity index (χ2v) is 6.39. The lowest BCUT2D eigenvalue weighted by molar-refractivity contribution is -0.131. The topological polar surface area (TPSA) is 55.6 Å². The molecule has 142 valence electrons. The van der Waals surface area contributed by atoms with Crippen LogP contribution >= 0.6 is 12.4 Å². The molecule has 26 heavy (non-hydrogen) atoms. The maximum atomic E-state index is 12.9. The summed E-state index contributed by atoms with van der Waals surface area (Å²) in [4.78, 5) is 14.8. The van der Waals surface area contributed by atoms with Crippen LogP contribution in [0.1, 0.15) is 31.4 Å². The van der Waals surface area contributed by atoms with Gasteiger partial charge in [-0.2, -0.15) is 0 Å². The van der Waals surface area contributed by atoms with E-state index in [1.165, 1.54) is 0 Å². The SMILES string of the molecule is CC(C)Oc1ccccc1CC(=O)N(CCCN)Cc1ccccc1.Cl. The van der Waals surface area contributed by atoms with Gasteiger partial charge in [0.2, 0.25) is 5.91 Å². The molecule has 0 fully saturated rings. The summed E-state index contributed by atoms with van der Waals surface area (Å²) in [5, 5.41) is 0. The number of nitrogens with two attached hydrogens (primary N) is 1. The zero-order valence-corrected chi connectivity index (χ0v) is 16.4. The summed E-state index contributed by atoms with van der Waals surface area (Å²) in [5.41, 5.74) is 7.69. The predicted molar refractivity (Wildman–Crippen MR) is 109 cm³/mol. The molecule has 0 bridgehead atoms. The number of amides is 1. The fourth-order valence-electron chi connectivity index (χ4n) is 2.67. The third-order valence-electron chi connectivity index (χ3n) is 3.88. The minimum absolute atomic E-state index is 0. The largest absolute Gasteiger partial charge is 0.491 e. The number of hydrogen-bond acceptors (Lipinski definition) is 3. The van der Waals surface area contributed by atoms with Crippen LogP contribution in [0, 0.1) is 0 Å². The van der Waals surface area contributed by atoms with Gasteiger partial charge in [-0.3, -0.25) is 4.79 Å². The van der Waals surface area contributed by atoms with E-state index in [1.54, 1.807) is 0 Å². The molecule has 0 heterocycles. The maximum Gasteiger partial charge on any atom is 0.227 e. The highest BCUT2D eigenvalue weighted by Gasteiger charge is 2.16. The van der Waals surface area contributed by atoms with Crippen molar-refractivity contribution in [2.24, 2.45) is 5.73 Å². The molecule has 0 unspecified atom stereocenters. The van der Waals surface area contributed by atoms with E-state index in [1.807, 2.05) is 73.3 Å². The Morgan fingerprint density at radius 1 is 1.08 bits per heavy atom. The molecule has 0 aliphatic carbocycles. The molecule has 2 rings (SSSR count). The van der Waals surface area contributed by atoms with Gasteiger partial charge in [0.1, 0.15) is 5.75 Å². The molecule has 0 saturated carbocycles. The van der Waals surface area contributed by atoms with Crippen molar-refractivity contribution in [1.29, 1.82) is 0 Å². The first-order valence-electron chi connectivity index (χ1n) is 8.86. The average Bonchev–Trinajstić information content (AvgIpc) is 2.60. The Balaban J connectivity index is 0.00000338. The van der Waals surface area contributed by atoms with Crippen LogP contribution in [0.25, 0.3) is 0 Å². The van der Waals surface area contributed by atoms with Crippen LogP contribution in [-0.4, -0.2) is 30.0 Å². The Morgan fingerprint density at radius 2 is 1.73 bits per heavy atom. The first kappa shape index (κ1) is 22.0. The van der Waals surface area contributed by atoms with Crippen LogP contribution in [0.3, 0.4) is 0 Å². The Bertz CT molecular complexity index is 662. The highest BCUT2D eigenvalue weighted by Crippen LogP contribution is 2.21. The summed E-state index contributed by atoms with van der Waals surface area (Å²) in [5.74, 6) is 0.876. The van der Waals surface area contributed by atoms with E-state index in [0.717, 1.165) is 23.3 Å². The molecule has 2 aromatic rings. The molecular weight excluding hydrogens is 348 g/mol. The van der Waals surface area contributed by atoms with E-state index in [9.17, 15) is 4.79 Å². The maximum absolute atomic E-state index is 12.9. The number of halogens is 1. The van der Waals surface area contributed by atoms with Crippen LogP contribution in [0.4, 0.5) is 0 Å². The molecule has 0 aromatic heterocycles. The van der Waals surface area contributed by atoms with Gasteiger partial charge in [-0.25, -0.2) is 0 Å². The third-order valence-corrected chi connectivity index (χ3v) is 3.88. The fraction of sp³-hybridized carbons (Fsp3) is 0.381. The molecule has 0 aliphatic heterocycles. The number of carbonyl (C=O) groups excluding carboxylic acids is 1. The molecule has 0 atom stereocenters. The summed E-state index contributed by atoms with van der Waals surface area (Å²) in [6, 6.07) is 17.8. The van der Waals surface area contributed by atoms with Crippen molar-refractivity contribution in [2.45, 2.75) is 39.3 Å². The minimum Gasteiger partial charge on any atom is -0.491 e. The highest BCUT2D eigenvalue weighted by molar-refractivity contribution is 5.85. The Hall–Kier alpha value is -2.04.